The van der Waals surface area contributed by atoms with Crippen molar-refractivity contribution in [3.63, 3.8) is 0 Å². The van der Waals surface area contributed by atoms with Gasteiger partial charge in [0.1, 0.15) is 5.75 Å². The summed E-state index contributed by atoms with van der Waals surface area (Å²) in [6, 6.07) is 5.71. The number of ether oxygens (including phenoxy) is 1. The van der Waals surface area contributed by atoms with Crippen LogP contribution in [0.2, 0.25) is 0 Å². The summed E-state index contributed by atoms with van der Waals surface area (Å²) in [5.41, 5.74) is 2.01. The molecule has 0 bridgehead atoms. The fourth-order valence-electron chi connectivity index (χ4n) is 2.53. The van der Waals surface area contributed by atoms with Crippen LogP contribution < -0.4 is 15.2 Å². The number of carbonyl (C=O) groups is 1. The monoisotopic (exact) mass is 298 g/mol. The maximum Gasteiger partial charge on any atom is 0.227 e. The van der Waals surface area contributed by atoms with Crippen molar-refractivity contribution in [2.45, 2.75) is 18.8 Å². The first-order valence-electron chi connectivity index (χ1n) is 6.36. The van der Waals surface area contributed by atoms with Gasteiger partial charge in [-0.25, -0.2) is 13.6 Å². The highest BCUT2D eigenvalue weighted by molar-refractivity contribution is 7.89. The molecule has 7 heteroatoms. The molecule has 1 aromatic carbocycles. The molecule has 0 unspecified atom stereocenters. The van der Waals surface area contributed by atoms with Crippen molar-refractivity contribution < 1.29 is 17.9 Å². The van der Waals surface area contributed by atoms with Gasteiger partial charge in [0.2, 0.25) is 15.9 Å². The molecule has 0 aromatic heterocycles. The van der Waals surface area contributed by atoms with E-state index in [1.54, 1.807) is 7.11 Å². The predicted molar refractivity (Wildman–Crippen MR) is 75.0 cm³/mol. The van der Waals surface area contributed by atoms with Gasteiger partial charge >= 0.3 is 0 Å². The van der Waals surface area contributed by atoms with Crippen LogP contribution in [0.25, 0.3) is 0 Å². The van der Waals surface area contributed by atoms with E-state index in [2.05, 4.69) is 5.32 Å². The second-order valence-corrected chi connectivity index (χ2v) is 6.52. The van der Waals surface area contributed by atoms with Gasteiger partial charge in [-0.1, -0.05) is 12.1 Å². The highest BCUT2D eigenvalue weighted by Crippen LogP contribution is 2.39. The third-order valence-corrected chi connectivity index (χ3v) is 4.20. The molecule has 110 valence electrons. The van der Waals surface area contributed by atoms with Crippen molar-refractivity contribution in [3.05, 3.63) is 29.3 Å². The minimum Gasteiger partial charge on any atom is -0.496 e. The van der Waals surface area contributed by atoms with Crippen molar-refractivity contribution in [3.8, 4) is 5.75 Å². The summed E-state index contributed by atoms with van der Waals surface area (Å²) in [4.78, 5) is 12.2. The maximum atomic E-state index is 12.2. The van der Waals surface area contributed by atoms with E-state index in [4.69, 9.17) is 9.88 Å². The quantitative estimate of drug-likeness (QED) is 0.807. The Kier molecular flexibility index (Phi) is 4.29. The molecule has 0 aliphatic heterocycles. The Hall–Kier alpha value is -1.60. The molecule has 0 saturated carbocycles. The number of carbonyl (C=O) groups excluding carboxylic acids is 1. The summed E-state index contributed by atoms with van der Waals surface area (Å²) in [5.74, 6) is -0.0327. The van der Waals surface area contributed by atoms with Gasteiger partial charge in [-0.15, -0.1) is 0 Å². The molecule has 0 fully saturated rings. The maximum absolute atomic E-state index is 12.2. The lowest BCUT2D eigenvalue weighted by Gasteiger charge is -2.15. The molecule has 0 saturated heterocycles. The number of hydrogen-bond acceptors (Lipinski definition) is 4. The Morgan fingerprint density at radius 2 is 2.25 bits per heavy atom. The molecule has 2 rings (SSSR count). The number of aryl methyl sites for hydroxylation is 1. The second-order valence-electron chi connectivity index (χ2n) is 4.78. The van der Waals surface area contributed by atoms with E-state index < -0.39 is 10.0 Å². The van der Waals surface area contributed by atoms with Crippen LogP contribution in [-0.4, -0.2) is 33.7 Å². The van der Waals surface area contributed by atoms with E-state index in [1.165, 1.54) is 0 Å². The van der Waals surface area contributed by atoms with E-state index in [-0.39, 0.29) is 24.1 Å². The minimum atomic E-state index is -3.56. The largest absolute Gasteiger partial charge is 0.496 e. The number of nitrogens with one attached hydrogen (secondary N) is 1. The van der Waals surface area contributed by atoms with E-state index in [9.17, 15) is 13.2 Å². The average molecular weight is 298 g/mol. The first-order chi connectivity index (χ1) is 9.42. The zero-order valence-corrected chi connectivity index (χ0v) is 12.1. The Bertz CT molecular complexity index is 613. The molecular formula is C13H18N2O4S. The highest BCUT2D eigenvalue weighted by atomic mass is 32.2. The summed E-state index contributed by atoms with van der Waals surface area (Å²) in [6.07, 6.45) is 1.52. The normalized spacial score (nSPS) is 17.6. The van der Waals surface area contributed by atoms with Crippen LogP contribution in [0.5, 0.6) is 5.75 Å². The zero-order valence-electron chi connectivity index (χ0n) is 11.3. The van der Waals surface area contributed by atoms with E-state index in [0.29, 0.717) is 12.2 Å². The SMILES string of the molecule is COc1cccc2c1[C@H](C(=O)NCCS(N)(=O)=O)CC2. The van der Waals surface area contributed by atoms with Crippen LogP contribution in [0, 0.1) is 0 Å². The van der Waals surface area contributed by atoms with Gasteiger partial charge in [-0.2, -0.15) is 0 Å². The lowest BCUT2D eigenvalue weighted by Crippen LogP contribution is -2.34. The first-order valence-corrected chi connectivity index (χ1v) is 8.08. The number of hydrogen-bond donors (Lipinski definition) is 2. The number of methoxy groups -OCH3 is 1. The lowest BCUT2D eigenvalue weighted by molar-refractivity contribution is -0.122. The first kappa shape index (κ1) is 14.8. The van der Waals surface area contributed by atoms with Crippen LogP contribution in [0.4, 0.5) is 0 Å². The summed E-state index contributed by atoms with van der Waals surface area (Å²) in [5, 5.41) is 7.52. The molecule has 1 aliphatic carbocycles. The number of fused-ring (bicyclic) bond motifs is 1. The van der Waals surface area contributed by atoms with Crippen LogP contribution in [0.1, 0.15) is 23.5 Å². The third kappa shape index (κ3) is 3.29. The number of amides is 1. The van der Waals surface area contributed by atoms with Crippen LogP contribution in [-0.2, 0) is 21.2 Å². The molecule has 6 nitrogen and oxygen atoms in total. The third-order valence-electron chi connectivity index (χ3n) is 3.43. The fraction of sp³-hybridized carbons (Fsp3) is 0.462. The molecule has 3 N–H and O–H groups in total. The number of nitrogens with two attached hydrogens (primary N) is 1. The molecule has 20 heavy (non-hydrogen) atoms. The van der Waals surface area contributed by atoms with Gasteiger partial charge in [-0.3, -0.25) is 4.79 Å². The van der Waals surface area contributed by atoms with Crippen molar-refractivity contribution in [2.24, 2.45) is 5.14 Å². The van der Waals surface area contributed by atoms with E-state index in [1.807, 2.05) is 18.2 Å². The number of sulfonamides is 1. The Morgan fingerprint density at radius 3 is 2.90 bits per heavy atom. The van der Waals surface area contributed by atoms with Crippen LogP contribution in [0.15, 0.2) is 18.2 Å². The molecular weight excluding hydrogens is 280 g/mol. The lowest BCUT2D eigenvalue weighted by atomic mass is 9.99. The number of rotatable bonds is 5. The Morgan fingerprint density at radius 1 is 1.50 bits per heavy atom. The van der Waals surface area contributed by atoms with Crippen molar-refractivity contribution in [2.75, 3.05) is 19.4 Å². The van der Waals surface area contributed by atoms with Crippen LogP contribution >= 0.6 is 0 Å². The zero-order chi connectivity index (χ0) is 14.8. The van der Waals surface area contributed by atoms with E-state index >= 15 is 0 Å². The molecule has 1 amide bonds. The molecule has 1 aliphatic rings. The van der Waals surface area contributed by atoms with Gasteiger partial charge in [0.15, 0.2) is 0 Å². The highest BCUT2D eigenvalue weighted by Gasteiger charge is 2.31. The number of benzene rings is 1. The summed E-state index contributed by atoms with van der Waals surface area (Å²) in [6.45, 7) is 0.0264. The topological polar surface area (TPSA) is 98.5 Å². The predicted octanol–water partition coefficient (Wildman–Crippen LogP) is 0.130. The number of primary sulfonamides is 1. The Labute approximate surface area is 118 Å². The van der Waals surface area contributed by atoms with Crippen molar-refractivity contribution >= 4 is 15.9 Å². The minimum absolute atomic E-state index is 0.0264. The summed E-state index contributed by atoms with van der Waals surface area (Å²) in [7, 11) is -1.98. The van der Waals surface area contributed by atoms with Gasteiger partial charge in [0.05, 0.1) is 18.8 Å². The standard InChI is InChI=1S/C13H18N2O4S/c1-19-11-4-2-3-9-5-6-10(12(9)11)13(16)15-7-8-20(14,17)18/h2-4,10H,5-8H2,1H3,(H,15,16)(H2,14,17,18)/t10-/m1/s1. The smallest absolute Gasteiger partial charge is 0.227 e. The van der Waals surface area contributed by atoms with Gasteiger partial charge < -0.3 is 10.1 Å². The van der Waals surface area contributed by atoms with Crippen LogP contribution in [0.3, 0.4) is 0 Å². The summed E-state index contributed by atoms with van der Waals surface area (Å²) >= 11 is 0. The Balaban J connectivity index is 2.08. The van der Waals surface area contributed by atoms with Gasteiger partial charge in [0.25, 0.3) is 0 Å². The average Bonchev–Trinajstić information content (AvgIpc) is 2.80. The van der Waals surface area contributed by atoms with Crippen molar-refractivity contribution in [1.29, 1.82) is 0 Å². The molecule has 0 heterocycles. The van der Waals surface area contributed by atoms with Gasteiger partial charge in [0, 0.05) is 12.1 Å². The molecule has 0 radical (unpaired) electrons. The summed E-state index contributed by atoms with van der Waals surface area (Å²) < 4.78 is 27.0. The molecule has 1 atom stereocenters. The van der Waals surface area contributed by atoms with Crippen molar-refractivity contribution in [1.82, 2.24) is 5.32 Å². The second kappa shape index (κ2) is 5.80. The van der Waals surface area contributed by atoms with E-state index in [0.717, 1.165) is 17.5 Å². The fourth-order valence-corrected chi connectivity index (χ4v) is 2.91. The molecule has 1 aromatic rings. The van der Waals surface area contributed by atoms with Gasteiger partial charge in [-0.05, 0) is 24.5 Å². The molecule has 0 spiro atoms.